The van der Waals surface area contributed by atoms with Crippen LogP contribution in [-0.2, 0) is 4.79 Å². The van der Waals surface area contributed by atoms with E-state index >= 15 is 0 Å². The molecule has 0 N–H and O–H groups in total. The van der Waals surface area contributed by atoms with Crippen molar-refractivity contribution in [2.24, 2.45) is 5.10 Å². The first-order valence-corrected chi connectivity index (χ1v) is 9.12. The molecule has 6 heteroatoms. The van der Waals surface area contributed by atoms with Gasteiger partial charge < -0.3 is 9.47 Å². The number of nitrogens with zero attached hydrogens (tertiary/aromatic N) is 2. The van der Waals surface area contributed by atoms with Crippen LogP contribution in [0.2, 0.25) is 5.02 Å². The number of halogens is 1. The van der Waals surface area contributed by atoms with Crippen molar-refractivity contribution in [3.05, 3.63) is 70.8 Å². The molecule has 0 saturated heterocycles. The van der Waals surface area contributed by atoms with Gasteiger partial charge in [0.15, 0.2) is 11.5 Å². The summed E-state index contributed by atoms with van der Waals surface area (Å²) in [5.74, 6) is 0.732. The van der Waals surface area contributed by atoms with Crippen LogP contribution in [0.3, 0.4) is 0 Å². The lowest BCUT2D eigenvalue weighted by atomic mass is 10.1. The number of ether oxygens (including phenoxy) is 2. The number of carbonyl (C=O) groups excluding carboxylic acids is 1. The van der Waals surface area contributed by atoms with E-state index in [0.717, 1.165) is 16.8 Å². The molecule has 0 aromatic heterocycles. The number of hydrazone groups is 1. The van der Waals surface area contributed by atoms with E-state index in [4.69, 9.17) is 21.1 Å². The molecule has 1 amide bonds. The van der Waals surface area contributed by atoms with Crippen molar-refractivity contribution in [1.29, 1.82) is 0 Å². The van der Waals surface area contributed by atoms with Gasteiger partial charge in [0, 0.05) is 0 Å². The van der Waals surface area contributed by atoms with Crippen LogP contribution in [0, 0.1) is 6.92 Å². The van der Waals surface area contributed by atoms with Gasteiger partial charge in [0.1, 0.15) is 6.61 Å². The van der Waals surface area contributed by atoms with Gasteiger partial charge in [0.05, 0.1) is 29.1 Å². The first kappa shape index (κ1) is 19.7. The lowest BCUT2D eigenvalue weighted by Crippen LogP contribution is -2.21. The Kier molecular flexibility index (Phi) is 5.85. The summed E-state index contributed by atoms with van der Waals surface area (Å²) in [6.45, 7) is 7.74. The number of methoxy groups -OCH3 is 1. The van der Waals surface area contributed by atoms with Crippen LogP contribution >= 0.6 is 11.6 Å². The smallest absolute Gasteiger partial charge is 0.280 e. The summed E-state index contributed by atoms with van der Waals surface area (Å²) in [5.41, 5.74) is 3.69. The monoisotopic (exact) mass is 396 g/mol. The quantitative estimate of drug-likeness (QED) is 0.508. The molecule has 0 aliphatic carbocycles. The Bertz CT molecular complexity index is 978. The zero-order valence-corrected chi connectivity index (χ0v) is 16.8. The number of amides is 1. The maximum absolute atomic E-state index is 12.9. The van der Waals surface area contributed by atoms with Gasteiger partial charge in [-0.1, -0.05) is 42.0 Å². The Morgan fingerprint density at radius 1 is 1.21 bits per heavy atom. The summed E-state index contributed by atoms with van der Waals surface area (Å²) < 4.78 is 11.0. The first-order valence-electron chi connectivity index (χ1n) is 8.74. The second-order valence-electron chi connectivity index (χ2n) is 6.33. The van der Waals surface area contributed by atoms with Crippen molar-refractivity contribution >= 4 is 35.0 Å². The van der Waals surface area contributed by atoms with E-state index in [0.29, 0.717) is 34.4 Å². The third-order valence-electron chi connectivity index (χ3n) is 4.25. The second kappa shape index (κ2) is 8.31. The van der Waals surface area contributed by atoms with E-state index in [2.05, 4.69) is 11.7 Å². The second-order valence-corrected chi connectivity index (χ2v) is 6.74. The van der Waals surface area contributed by atoms with Crippen molar-refractivity contribution in [2.75, 3.05) is 18.7 Å². The summed E-state index contributed by atoms with van der Waals surface area (Å²) in [6.07, 6.45) is 3.38. The summed E-state index contributed by atoms with van der Waals surface area (Å²) in [4.78, 5) is 12.9. The van der Waals surface area contributed by atoms with E-state index < -0.39 is 0 Å². The van der Waals surface area contributed by atoms with Crippen molar-refractivity contribution in [1.82, 2.24) is 0 Å². The average molecular weight is 397 g/mol. The molecule has 0 saturated carbocycles. The highest BCUT2D eigenvalue weighted by atomic mass is 35.5. The lowest BCUT2D eigenvalue weighted by molar-refractivity contribution is -0.114. The molecular weight excluding hydrogens is 376 g/mol. The summed E-state index contributed by atoms with van der Waals surface area (Å²) in [7, 11) is 1.54. The number of hydrogen-bond donors (Lipinski definition) is 0. The summed E-state index contributed by atoms with van der Waals surface area (Å²) >= 11 is 6.35. The molecular formula is C22H21ClN2O3. The minimum absolute atomic E-state index is 0.191. The molecule has 1 aliphatic rings. The number of anilines is 1. The van der Waals surface area contributed by atoms with Crippen LogP contribution in [0.1, 0.15) is 18.1 Å². The van der Waals surface area contributed by atoms with E-state index in [-0.39, 0.29) is 5.91 Å². The molecule has 0 bridgehead atoms. The zero-order chi connectivity index (χ0) is 20.3. The highest BCUT2D eigenvalue weighted by Crippen LogP contribution is 2.37. The summed E-state index contributed by atoms with van der Waals surface area (Å²) in [6, 6.07) is 11.1. The van der Waals surface area contributed by atoms with Crippen LogP contribution in [0.4, 0.5) is 5.69 Å². The number of benzene rings is 2. The zero-order valence-electron chi connectivity index (χ0n) is 16.0. The molecule has 144 valence electrons. The Morgan fingerprint density at radius 2 is 1.93 bits per heavy atom. The molecule has 1 heterocycles. The van der Waals surface area contributed by atoms with Crippen LogP contribution in [0.25, 0.3) is 6.08 Å². The third kappa shape index (κ3) is 3.94. The van der Waals surface area contributed by atoms with Gasteiger partial charge in [-0.15, -0.1) is 0 Å². The van der Waals surface area contributed by atoms with Crippen molar-refractivity contribution in [3.8, 4) is 11.5 Å². The predicted molar refractivity (Wildman–Crippen MR) is 113 cm³/mol. The maximum Gasteiger partial charge on any atom is 0.280 e. The Balaban J connectivity index is 1.94. The van der Waals surface area contributed by atoms with Gasteiger partial charge in [-0.2, -0.15) is 10.1 Å². The Hall–Kier alpha value is -3.05. The van der Waals surface area contributed by atoms with Crippen molar-refractivity contribution < 1.29 is 14.3 Å². The lowest BCUT2D eigenvalue weighted by Gasteiger charge is -2.13. The van der Waals surface area contributed by atoms with E-state index in [1.807, 2.05) is 31.2 Å². The van der Waals surface area contributed by atoms with Gasteiger partial charge in [-0.3, -0.25) is 4.79 Å². The molecule has 2 aromatic carbocycles. The molecule has 0 spiro atoms. The standard InChI is InChI=1S/C22H21ClN2O3/c1-5-10-28-21-19(23)12-16(13-20(21)27-4)11-18-15(3)24-25(22(18)26)17-8-6-14(2)7-9-17/h5-9,11-13H,1,10H2,2-4H3/b18-11-. The summed E-state index contributed by atoms with van der Waals surface area (Å²) in [5, 5.41) is 6.20. The van der Waals surface area contributed by atoms with E-state index in [1.54, 1.807) is 31.2 Å². The number of rotatable bonds is 6. The molecule has 2 aromatic rings. The number of aryl methyl sites for hydroxylation is 1. The Labute approximate surface area is 169 Å². The largest absolute Gasteiger partial charge is 0.493 e. The molecule has 0 atom stereocenters. The highest BCUT2D eigenvalue weighted by molar-refractivity contribution is 6.33. The fourth-order valence-corrected chi connectivity index (χ4v) is 3.09. The Morgan fingerprint density at radius 3 is 2.57 bits per heavy atom. The number of carbonyl (C=O) groups is 1. The average Bonchev–Trinajstić information content (AvgIpc) is 2.95. The van der Waals surface area contributed by atoms with Gasteiger partial charge in [-0.25, -0.2) is 0 Å². The third-order valence-corrected chi connectivity index (χ3v) is 4.53. The fourth-order valence-electron chi connectivity index (χ4n) is 2.82. The highest BCUT2D eigenvalue weighted by Gasteiger charge is 2.28. The molecule has 0 unspecified atom stereocenters. The minimum Gasteiger partial charge on any atom is -0.493 e. The van der Waals surface area contributed by atoms with Gasteiger partial charge in [0.2, 0.25) is 0 Å². The molecule has 0 fully saturated rings. The van der Waals surface area contributed by atoms with Crippen LogP contribution in [-0.4, -0.2) is 25.3 Å². The molecule has 5 nitrogen and oxygen atoms in total. The molecule has 1 aliphatic heterocycles. The molecule has 28 heavy (non-hydrogen) atoms. The topological polar surface area (TPSA) is 51.1 Å². The maximum atomic E-state index is 12.9. The SMILES string of the molecule is C=CCOc1c(Cl)cc(/C=C2\C(=O)N(c3ccc(C)cc3)N=C2C)cc1OC. The molecule has 3 rings (SSSR count). The van der Waals surface area contributed by atoms with Gasteiger partial charge in [-0.05, 0) is 49.8 Å². The number of hydrogen-bond acceptors (Lipinski definition) is 4. The van der Waals surface area contributed by atoms with Crippen LogP contribution in [0.5, 0.6) is 11.5 Å². The van der Waals surface area contributed by atoms with Gasteiger partial charge >= 0.3 is 0 Å². The van der Waals surface area contributed by atoms with Crippen LogP contribution < -0.4 is 14.5 Å². The van der Waals surface area contributed by atoms with Crippen molar-refractivity contribution in [2.45, 2.75) is 13.8 Å². The minimum atomic E-state index is -0.191. The molecule has 0 radical (unpaired) electrons. The first-order chi connectivity index (χ1) is 13.4. The van der Waals surface area contributed by atoms with E-state index in [1.165, 1.54) is 12.1 Å². The van der Waals surface area contributed by atoms with Crippen LogP contribution in [0.15, 0.2) is 59.7 Å². The van der Waals surface area contributed by atoms with Gasteiger partial charge in [0.25, 0.3) is 5.91 Å². The van der Waals surface area contributed by atoms with Crippen molar-refractivity contribution in [3.63, 3.8) is 0 Å². The van der Waals surface area contributed by atoms with E-state index in [9.17, 15) is 4.79 Å². The predicted octanol–water partition coefficient (Wildman–Crippen LogP) is 5.03. The normalized spacial score (nSPS) is 15.0. The fraction of sp³-hybridized carbons (Fsp3) is 0.182.